The highest BCUT2D eigenvalue weighted by Crippen LogP contribution is 2.22. The van der Waals surface area contributed by atoms with Crippen LogP contribution in [0.25, 0.3) is 16.7 Å². The first-order valence-electron chi connectivity index (χ1n) is 11.1. The van der Waals surface area contributed by atoms with E-state index in [2.05, 4.69) is 20.3 Å². The fraction of sp³-hybridized carbons (Fsp3) is 0.250. The van der Waals surface area contributed by atoms with Crippen LogP contribution in [0, 0.1) is 11.6 Å². The van der Waals surface area contributed by atoms with Gasteiger partial charge >= 0.3 is 5.69 Å². The van der Waals surface area contributed by atoms with Gasteiger partial charge in [-0.25, -0.2) is 23.1 Å². The molecule has 1 aliphatic heterocycles. The molecule has 5 rings (SSSR count). The molecule has 0 bridgehead atoms. The highest BCUT2D eigenvalue weighted by molar-refractivity contribution is 5.73. The number of morpholine rings is 1. The second kappa shape index (κ2) is 9.63. The number of anilines is 2. The molecule has 3 heterocycles. The Morgan fingerprint density at radius 3 is 2.69 bits per heavy atom. The maximum atomic E-state index is 14.8. The average Bonchev–Trinajstić information content (AvgIpc) is 2.84. The summed E-state index contributed by atoms with van der Waals surface area (Å²) in [5.41, 5.74) is -0.0463. The molecule has 2 aromatic carbocycles. The summed E-state index contributed by atoms with van der Waals surface area (Å²) in [5.74, 6) is -0.638. The highest BCUT2D eigenvalue weighted by atomic mass is 19.1. The van der Waals surface area contributed by atoms with Crippen molar-refractivity contribution in [2.24, 2.45) is 0 Å². The Labute approximate surface area is 198 Å². The van der Waals surface area contributed by atoms with Crippen molar-refractivity contribution in [2.45, 2.75) is 6.42 Å². The first-order chi connectivity index (χ1) is 17.0. The lowest BCUT2D eigenvalue weighted by Crippen LogP contribution is -2.37. The fourth-order valence-electron chi connectivity index (χ4n) is 4.03. The zero-order valence-electron chi connectivity index (χ0n) is 18.6. The van der Waals surface area contributed by atoms with Gasteiger partial charge in [-0.05, 0) is 36.2 Å². The van der Waals surface area contributed by atoms with Gasteiger partial charge in [0.25, 0.3) is 5.56 Å². The van der Waals surface area contributed by atoms with E-state index in [0.29, 0.717) is 45.0 Å². The lowest BCUT2D eigenvalue weighted by molar-refractivity contribution is 0.122. The fourth-order valence-corrected chi connectivity index (χ4v) is 4.03. The molecule has 1 saturated heterocycles. The first-order valence-corrected chi connectivity index (χ1v) is 11.1. The first kappa shape index (κ1) is 22.7. The van der Waals surface area contributed by atoms with Crippen LogP contribution < -0.4 is 21.5 Å². The number of H-pyrrole nitrogens is 1. The Morgan fingerprint density at radius 1 is 1.09 bits per heavy atom. The zero-order valence-corrected chi connectivity index (χ0v) is 18.6. The maximum Gasteiger partial charge on any atom is 0.334 e. The average molecular weight is 480 g/mol. The summed E-state index contributed by atoms with van der Waals surface area (Å²) in [6, 6.07) is 10.5. The lowest BCUT2D eigenvalue weighted by Gasteiger charge is -2.29. The van der Waals surface area contributed by atoms with E-state index in [1.807, 2.05) is 11.0 Å². The van der Waals surface area contributed by atoms with Crippen molar-refractivity contribution in [3.63, 3.8) is 0 Å². The predicted molar refractivity (Wildman–Crippen MR) is 127 cm³/mol. The Hall–Kier alpha value is -4.12. The minimum absolute atomic E-state index is 0.0601. The van der Waals surface area contributed by atoms with E-state index >= 15 is 0 Å². The molecule has 0 atom stereocenters. The molecule has 0 spiro atoms. The van der Waals surface area contributed by atoms with Gasteiger partial charge in [-0.15, -0.1) is 0 Å². The summed E-state index contributed by atoms with van der Waals surface area (Å²) in [6.07, 6.45) is 1.84. The zero-order chi connectivity index (χ0) is 24.4. The van der Waals surface area contributed by atoms with Crippen molar-refractivity contribution < 1.29 is 13.5 Å². The Kier molecular flexibility index (Phi) is 6.23. The van der Waals surface area contributed by atoms with Gasteiger partial charge in [-0.2, -0.15) is 4.98 Å². The van der Waals surface area contributed by atoms with E-state index in [-0.39, 0.29) is 28.5 Å². The maximum absolute atomic E-state index is 14.8. The van der Waals surface area contributed by atoms with Crippen LogP contribution in [0.1, 0.15) is 5.56 Å². The molecule has 9 nitrogen and oxygen atoms in total. The molecular formula is C24H22F2N6O3. The lowest BCUT2D eigenvalue weighted by atomic mass is 10.1. The van der Waals surface area contributed by atoms with Crippen LogP contribution in [-0.4, -0.2) is 52.4 Å². The number of rotatable bonds is 6. The van der Waals surface area contributed by atoms with Crippen LogP contribution in [0.2, 0.25) is 0 Å². The second-order valence-corrected chi connectivity index (χ2v) is 8.07. The number of aromatic amines is 1. The third kappa shape index (κ3) is 4.76. The molecule has 1 aliphatic rings. The van der Waals surface area contributed by atoms with E-state index in [9.17, 15) is 18.4 Å². The summed E-state index contributed by atoms with van der Waals surface area (Å²) < 4.78 is 34.3. The van der Waals surface area contributed by atoms with Gasteiger partial charge in [-0.1, -0.05) is 12.1 Å². The van der Waals surface area contributed by atoms with E-state index in [1.54, 1.807) is 12.1 Å². The summed E-state index contributed by atoms with van der Waals surface area (Å²) in [4.78, 5) is 38.6. The number of nitrogens with zero attached hydrogens (tertiary/aromatic N) is 4. The second-order valence-electron chi connectivity index (χ2n) is 8.07. The number of halogens is 2. The van der Waals surface area contributed by atoms with Crippen molar-refractivity contribution in [2.75, 3.05) is 43.1 Å². The summed E-state index contributed by atoms with van der Waals surface area (Å²) >= 11 is 0. The van der Waals surface area contributed by atoms with E-state index < -0.39 is 17.1 Å². The Balaban J connectivity index is 1.39. The van der Waals surface area contributed by atoms with Gasteiger partial charge in [0.15, 0.2) is 5.65 Å². The standard InChI is InChI=1S/C24H22F2N6O3/c25-16-3-1-2-15(12-16)6-7-27-23-28-14-18-21(29-23)30-24(34)32(22(18)33)17-4-5-20(19(26)13-17)31-8-10-35-11-9-31/h1-5,12-14H,6-11H2,(H2,27,28,29,30,34). The number of hydrogen-bond donors (Lipinski definition) is 2. The largest absolute Gasteiger partial charge is 0.378 e. The van der Waals surface area contributed by atoms with Gasteiger partial charge < -0.3 is 15.0 Å². The minimum atomic E-state index is -0.745. The third-order valence-corrected chi connectivity index (χ3v) is 5.78. The van der Waals surface area contributed by atoms with Crippen LogP contribution in [0.15, 0.2) is 58.3 Å². The van der Waals surface area contributed by atoms with Gasteiger partial charge in [0, 0.05) is 31.9 Å². The molecular weight excluding hydrogens is 458 g/mol. The molecule has 11 heteroatoms. The van der Waals surface area contributed by atoms with E-state index in [1.165, 1.54) is 24.4 Å². The molecule has 2 aromatic heterocycles. The Morgan fingerprint density at radius 2 is 1.91 bits per heavy atom. The van der Waals surface area contributed by atoms with Crippen molar-refractivity contribution >= 4 is 22.7 Å². The number of hydrogen-bond acceptors (Lipinski definition) is 7. The smallest absolute Gasteiger partial charge is 0.334 e. The number of aromatic nitrogens is 4. The SMILES string of the molecule is O=c1[nH]c2nc(NCCc3cccc(F)c3)ncc2c(=O)n1-c1ccc(N2CCOCC2)c(F)c1. The van der Waals surface area contributed by atoms with E-state index in [4.69, 9.17) is 4.74 Å². The number of benzene rings is 2. The van der Waals surface area contributed by atoms with Crippen LogP contribution in [-0.2, 0) is 11.2 Å². The number of ether oxygens (including phenoxy) is 1. The summed E-state index contributed by atoms with van der Waals surface area (Å²) in [5, 5.41) is 3.08. The topological polar surface area (TPSA) is 105 Å². The molecule has 0 saturated carbocycles. The van der Waals surface area contributed by atoms with Gasteiger partial charge in [0.1, 0.15) is 17.0 Å². The van der Waals surface area contributed by atoms with Crippen molar-refractivity contribution in [3.05, 3.63) is 86.7 Å². The minimum Gasteiger partial charge on any atom is -0.378 e. The normalized spacial score (nSPS) is 13.8. The van der Waals surface area contributed by atoms with Gasteiger partial charge in [-0.3, -0.25) is 9.78 Å². The van der Waals surface area contributed by atoms with Crippen LogP contribution in [0.3, 0.4) is 0 Å². The summed E-state index contributed by atoms with van der Waals surface area (Å²) in [7, 11) is 0. The molecule has 1 fully saturated rings. The summed E-state index contributed by atoms with van der Waals surface area (Å²) in [6.45, 7) is 2.55. The number of fused-ring (bicyclic) bond motifs is 1. The van der Waals surface area contributed by atoms with E-state index in [0.717, 1.165) is 16.2 Å². The van der Waals surface area contributed by atoms with Crippen molar-refractivity contribution in [3.8, 4) is 5.69 Å². The molecule has 2 N–H and O–H groups in total. The van der Waals surface area contributed by atoms with Gasteiger partial charge in [0.2, 0.25) is 5.95 Å². The molecule has 0 amide bonds. The highest BCUT2D eigenvalue weighted by Gasteiger charge is 2.18. The van der Waals surface area contributed by atoms with Crippen molar-refractivity contribution in [1.29, 1.82) is 0 Å². The number of nitrogens with one attached hydrogen (secondary N) is 2. The predicted octanol–water partition coefficient (Wildman–Crippen LogP) is 2.24. The van der Waals surface area contributed by atoms with Crippen LogP contribution in [0.4, 0.5) is 20.4 Å². The van der Waals surface area contributed by atoms with Crippen molar-refractivity contribution in [1.82, 2.24) is 19.5 Å². The monoisotopic (exact) mass is 480 g/mol. The molecule has 35 heavy (non-hydrogen) atoms. The Bertz CT molecular complexity index is 1500. The van der Waals surface area contributed by atoms with Gasteiger partial charge in [0.05, 0.1) is 24.6 Å². The molecule has 0 radical (unpaired) electrons. The quantitative estimate of drug-likeness (QED) is 0.436. The third-order valence-electron chi connectivity index (χ3n) is 5.78. The molecule has 0 aliphatic carbocycles. The molecule has 4 aromatic rings. The van der Waals surface area contributed by atoms with Crippen LogP contribution >= 0.6 is 0 Å². The molecule has 180 valence electrons. The van der Waals surface area contributed by atoms with Crippen LogP contribution in [0.5, 0.6) is 0 Å². The molecule has 0 unspecified atom stereocenters.